The minimum Gasteiger partial charge on any atom is -0.369 e. The number of hydrogen-bond acceptors (Lipinski definition) is 3. The highest BCUT2D eigenvalue weighted by molar-refractivity contribution is 5.81. The first-order valence-electron chi connectivity index (χ1n) is 9.13. The van der Waals surface area contributed by atoms with Crippen LogP contribution in [0.15, 0.2) is 12.2 Å². The van der Waals surface area contributed by atoms with Crippen LogP contribution in [0.4, 0.5) is 0 Å². The van der Waals surface area contributed by atoms with E-state index in [1.54, 1.807) is 0 Å². The second-order valence-corrected chi connectivity index (χ2v) is 7.25. The number of nitrogens with two attached hydrogens (primary N) is 1. The summed E-state index contributed by atoms with van der Waals surface area (Å²) in [7, 11) is 0. The Hall–Kier alpha value is -1.36. The molecule has 3 rings (SSSR count). The molecule has 2 atom stereocenters. The van der Waals surface area contributed by atoms with Gasteiger partial charge in [-0.2, -0.15) is 0 Å². The lowest BCUT2D eigenvalue weighted by Gasteiger charge is -2.38. The fourth-order valence-corrected chi connectivity index (χ4v) is 4.41. The molecule has 1 saturated carbocycles. The Balaban J connectivity index is 1.49. The summed E-state index contributed by atoms with van der Waals surface area (Å²) in [5.41, 5.74) is 5.48. The first kappa shape index (κ1) is 16.5. The van der Waals surface area contributed by atoms with Crippen LogP contribution in [-0.4, -0.2) is 53.8 Å². The van der Waals surface area contributed by atoms with E-state index in [9.17, 15) is 9.59 Å². The molecule has 128 valence electrons. The van der Waals surface area contributed by atoms with Gasteiger partial charge in [0.15, 0.2) is 0 Å². The number of carbonyl (C=O) groups excluding carboxylic acids is 2. The molecule has 2 N–H and O–H groups in total. The fraction of sp³-hybridized carbons (Fsp3) is 0.778. The molecule has 1 heterocycles. The van der Waals surface area contributed by atoms with E-state index in [0.717, 1.165) is 45.1 Å². The zero-order valence-electron chi connectivity index (χ0n) is 14.0. The van der Waals surface area contributed by atoms with Crippen LogP contribution < -0.4 is 5.73 Å². The summed E-state index contributed by atoms with van der Waals surface area (Å²) in [4.78, 5) is 28.7. The summed E-state index contributed by atoms with van der Waals surface area (Å²) in [6.45, 7) is 3.67. The van der Waals surface area contributed by atoms with Crippen molar-refractivity contribution in [1.29, 1.82) is 0 Å². The van der Waals surface area contributed by atoms with Crippen molar-refractivity contribution in [3.8, 4) is 0 Å². The zero-order chi connectivity index (χ0) is 16.2. The number of allylic oxidation sites excluding steroid dienone is 1. The molecule has 2 fully saturated rings. The molecular weight excluding hydrogens is 290 g/mol. The van der Waals surface area contributed by atoms with Crippen LogP contribution >= 0.6 is 0 Å². The van der Waals surface area contributed by atoms with E-state index in [1.807, 2.05) is 17.1 Å². The van der Waals surface area contributed by atoms with E-state index in [1.165, 1.54) is 25.7 Å². The molecule has 5 heteroatoms. The third-order valence-corrected chi connectivity index (χ3v) is 5.83. The first-order valence-corrected chi connectivity index (χ1v) is 9.13. The average molecular weight is 319 g/mol. The summed E-state index contributed by atoms with van der Waals surface area (Å²) in [6.07, 6.45) is 11.5. The number of nitrogens with zero attached hydrogens (tertiary/aromatic N) is 2. The number of rotatable bonds is 4. The van der Waals surface area contributed by atoms with Gasteiger partial charge in [-0.3, -0.25) is 14.5 Å². The third kappa shape index (κ3) is 3.94. The van der Waals surface area contributed by atoms with Crippen LogP contribution in [0.1, 0.15) is 44.9 Å². The van der Waals surface area contributed by atoms with E-state index in [-0.39, 0.29) is 23.7 Å². The van der Waals surface area contributed by atoms with E-state index in [0.29, 0.717) is 6.42 Å². The van der Waals surface area contributed by atoms with Gasteiger partial charge in [0.25, 0.3) is 0 Å². The van der Waals surface area contributed by atoms with E-state index in [2.05, 4.69) is 4.90 Å². The van der Waals surface area contributed by atoms with Crippen LogP contribution in [0, 0.1) is 11.8 Å². The molecule has 0 aromatic rings. The standard InChI is InChI=1S/C18H29N3O2/c19-18(23)16-8-4-1-5-14(16)13-17(22)21-11-9-20(10-12-21)15-6-2-3-7-15/h4,8,14-16H,1-3,5-7,9-13H2,(H2,19,23). The number of carbonyl (C=O) groups is 2. The Kier molecular flexibility index (Phi) is 5.36. The summed E-state index contributed by atoms with van der Waals surface area (Å²) in [6, 6.07) is 0.745. The Morgan fingerprint density at radius 3 is 2.39 bits per heavy atom. The van der Waals surface area contributed by atoms with Crippen LogP contribution in [-0.2, 0) is 9.59 Å². The van der Waals surface area contributed by atoms with Gasteiger partial charge in [0.2, 0.25) is 11.8 Å². The van der Waals surface area contributed by atoms with E-state index in [4.69, 9.17) is 5.73 Å². The van der Waals surface area contributed by atoms with Crippen LogP contribution in [0.25, 0.3) is 0 Å². The largest absolute Gasteiger partial charge is 0.369 e. The summed E-state index contributed by atoms with van der Waals surface area (Å²) < 4.78 is 0. The van der Waals surface area contributed by atoms with Crippen molar-refractivity contribution in [2.45, 2.75) is 51.0 Å². The second-order valence-electron chi connectivity index (χ2n) is 7.25. The highest BCUT2D eigenvalue weighted by Crippen LogP contribution is 2.29. The van der Waals surface area contributed by atoms with Gasteiger partial charge in [-0.05, 0) is 31.6 Å². The van der Waals surface area contributed by atoms with Gasteiger partial charge >= 0.3 is 0 Å². The fourth-order valence-electron chi connectivity index (χ4n) is 4.41. The Bertz CT molecular complexity index is 463. The molecule has 1 aliphatic heterocycles. The minimum atomic E-state index is -0.301. The molecule has 0 aromatic carbocycles. The molecule has 3 aliphatic rings. The summed E-state index contributed by atoms with van der Waals surface area (Å²) in [5, 5.41) is 0. The summed E-state index contributed by atoms with van der Waals surface area (Å²) in [5.74, 6) is -0.294. The lowest BCUT2D eigenvalue weighted by Crippen LogP contribution is -2.51. The number of primary amides is 1. The normalized spacial score (nSPS) is 29.8. The molecule has 23 heavy (non-hydrogen) atoms. The van der Waals surface area contributed by atoms with Crippen molar-refractivity contribution >= 4 is 11.8 Å². The molecule has 0 spiro atoms. The molecule has 0 radical (unpaired) electrons. The monoisotopic (exact) mass is 319 g/mol. The van der Waals surface area contributed by atoms with Crippen molar-refractivity contribution < 1.29 is 9.59 Å². The van der Waals surface area contributed by atoms with Crippen molar-refractivity contribution in [2.75, 3.05) is 26.2 Å². The number of piperazine rings is 1. The smallest absolute Gasteiger partial charge is 0.224 e. The topological polar surface area (TPSA) is 66.6 Å². The lowest BCUT2D eigenvalue weighted by atomic mass is 9.81. The Morgan fingerprint density at radius 2 is 1.74 bits per heavy atom. The number of amides is 2. The zero-order valence-corrected chi connectivity index (χ0v) is 14.0. The first-order chi connectivity index (χ1) is 11.1. The van der Waals surface area contributed by atoms with Crippen molar-refractivity contribution in [2.24, 2.45) is 17.6 Å². The molecule has 0 bridgehead atoms. The van der Waals surface area contributed by atoms with Gasteiger partial charge in [0.05, 0.1) is 5.92 Å². The number of hydrogen-bond donors (Lipinski definition) is 1. The Morgan fingerprint density at radius 1 is 1.04 bits per heavy atom. The third-order valence-electron chi connectivity index (χ3n) is 5.83. The van der Waals surface area contributed by atoms with E-state index >= 15 is 0 Å². The van der Waals surface area contributed by atoms with Crippen molar-refractivity contribution in [3.63, 3.8) is 0 Å². The SMILES string of the molecule is NC(=O)C1C=CCCC1CC(=O)N1CCN(C2CCCC2)CC1. The maximum Gasteiger partial charge on any atom is 0.224 e. The van der Waals surface area contributed by atoms with Crippen molar-refractivity contribution in [1.82, 2.24) is 9.80 Å². The van der Waals surface area contributed by atoms with Crippen LogP contribution in [0.3, 0.4) is 0 Å². The lowest BCUT2D eigenvalue weighted by molar-refractivity contribution is -0.135. The molecule has 2 amide bonds. The molecule has 0 aromatic heterocycles. The van der Waals surface area contributed by atoms with Gasteiger partial charge in [-0.15, -0.1) is 0 Å². The van der Waals surface area contributed by atoms with Gasteiger partial charge in [-0.25, -0.2) is 0 Å². The van der Waals surface area contributed by atoms with Gasteiger partial charge in [0, 0.05) is 38.6 Å². The van der Waals surface area contributed by atoms with Crippen LogP contribution in [0.2, 0.25) is 0 Å². The van der Waals surface area contributed by atoms with Gasteiger partial charge < -0.3 is 10.6 Å². The quantitative estimate of drug-likeness (QED) is 0.799. The molecule has 5 nitrogen and oxygen atoms in total. The van der Waals surface area contributed by atoms with Crippen molar-refractivity contribution in [3.05, 3.63) is 12.2 Å². The predicted octanol–water partition coefficient (Wildman–Crippen LogP) is 1.53. The minimum absolute atomic E-state index is 0.0814. The van der Waals surface area contributed by atoms with E-state index < -0.39 is 0 Å². The molecule has 1 saturated heterocycles. The maximum absolute atomic E-state index is 12.6. The van der Waals surface area contributed by atoms with Gasteiger partial charge in [0.1, 0.15) is 0 Å². The highest BCUT2D eigenvalue weighted by Gasteiger charge is 2.32. The molecule has 2 aliphatic carbocycles. The predicted molar refractivity (Wildman–Crippen MR) is 89.6 cm³/mol. The molecular formula is C18H29N3O2. The summed E-state index contributed by atoms with van der Waals surface area (Å²) >= 11 is 0. The average Bonchev–Trinajstić information content (AvgIpc) is 3.10. The Labute approximate surface area is 138 Å². The maximum atomic E-state index is 12.6. The van der Waals surface area contributed by atoms with Gasteiger partial charge in [-0.1, -0.05) is 25.0 Å². The van der Waals surface area contributed by atoms with Crippen LogP contribution in [0.5, 0.6) is 0 Å². The molecule has 2 unspecified atom stereocenters. The second kappa shape index (κ2) is 7.47. The highest BCUT2D eigenvalue weighted by atomic mass is 16.2.